The molecule has 1 aromatic rings. The molecule has 3 rings (SSSR count). The summed E-state index contributed by atoms with van der Waals surface area (Å²) in [4.78, 5) is -0.324. The van der Waals surface area contributed by atoms with Gasteiger partial charge in [-0.05, 0) is 49.8 Å². The molecule has 0 bridgehead atoms. The van der Waals surface area contributed by atoms with Gasteiger partial charge in [-0.3, -0.25) is 0 Å². The molecule has 2 aliphatic rings. The lowest BCUT2D eigenvalue weighted by molar-refractivity contribution is -0.0672. The molecule has 2 fully saturated rings. The Morgan fingerprint density at radius 3 is 2.83 bits per heavy atom. The van der Waals surface area contributed by atoms with Gasteiger partial charge < -0.3 is 9.47 Å². The first-order valence-corrected chi connectivity index (χ1v) is 9.42. The molecule has 0 radical (unpaired) electrons. The van der Waals surface area contributed by atoms with E-state index in [1.807, 2.05) is 0 Å². The van der Waals surface area contributed by atoms with Crippen LogP contribution < -0.4 is 4.72 Å². The van der Waals surface area contributed by atoms with E-state index in [0.29, 0.717) is 37.7 Å². The van der Waals surface area contributed by atoms with E-state index in [-0.39, 0.29) is 11.0 Å². The topological polar surface area (TPSA) is 64.6 Å². The summed E-state index contributed by atoms with van der Waals surface area (Å²) >= 11 is 0. The van der Waals surface area contributed by atoms with Gasteiger partial charge in [0.1, 0.15) is 10.7 Å². The number of rotatable bonds is 6. The minimum atomic E-state index is -3.92. The summed E-state index contributed by atoms with van der Waals surface area (Å²) in [5.74, 6) is -0.149. The second kappa shape index (κ2) is 6.84. The lowest BCUT2D eigenvalue weighted by atomic mass is 10.1. The zero-order valence-corrected chi connectivity index (χ0v) is 13.9. The van der Waals surface area contributed by atoms with E-state index in [9.17, 15) is 12.8 Å². The highest BCUT2D eigenvalue weighted by atomic mass is 32.2. The largest absolute Gasteiger partial charge is 0.379 e. The van der Waals surface area contributed by atoms with Crippen LogP contribution in [0.2, 0.25) is 0 Å². The Morgan fingerprint density at radius 1 is 1.35 bits per heavy atom. The molecule has 1 heterocycles. The van der Waals surface area contributed by atoms with Crippen LogP contribution >= 0.6 is 0 Å². The normalized spacial score (nSPS) is 25.5. The molecule has 1 aliphatic heterocycles. The third-order valence-corrected chi connectivity index (χ3v) is 5.75. The van der Waals surface area contributed by atoms with Crippen LogP contribution in [0.15, 0.2) is 23.1 Å². The van der Waals surface area contributed by atoms with Gasteiger partial charge in [-0.1, -0.05) is 6.07 Å². The molecule has 0 aromatic heterocycles. The molecule has 1 saturated carbocycles. The third-order valence-electron chi connectivity index (χ3n) is 4.23. The molecular formula is C16H22FNO4S. The third kappa shape index (κ3) is 4.29. The number of halogens is 1. The number of aryl methyl sites for hydroxylation is 1. The highest BCUT2D eigenvalue weighted by molar-refractivity contribution is 7.89. The summed E-state index contributed by atoms with van der Waals surface area (Å²) < 4.78 is 52.7. The fourth-order valence-corrected chi connectivity index (χ4v) is 4.00. The average molecular weight is 343 g/mol. The van der Waals surface area contributed by atoms with Crippen LogP contribution in [-0.2, 0) is 19.5 Å². The fourth-order valence-electron chi connectivity index (χ4n) is 2.64. The Labute approximate surface area is 136 Å². The van der Waals surface area contributed by atoms with Crippen LogP contribution in [0.3, 0.4) is 0 Å². The first-order valence-electron chi connectivity index (χ1n) is 7.93. The minimum Gasteiger partial charge on any atom is -0.379 e. The molecule has 1 saturated heterocycles. The van der Waals surface area contributed by atoms with Gasteiger partial charge in [-0.15, -0.1) is 0 Å². The van der Waals surface area contributed by atoms with Gasteiger partial charge in [0.25, 0.3) is 0 Å². The number of sulfonamides is 1. The second-order valence-electron chi connectivity index (χ2n) is 6.34. The quantitative estimate of drug-likeness (QED) is 0.858. The molecule has 5 nitrogen and oxygen atoms in total. The van der Waals surface area contributed by atoms with Crippen molar-refractivity contribution in [2.75, 3.05) is 19.8 Å². The van der Waals surface area contributed by atoms with Crippen LogP contribution in [-0.4, -0.2) is 40.4 Å². The molecule has 2 atom stereocenters. The van der Waals surface area contributed by atoms with Crippen LogP contribution in [0.25, 0.3) is 0 Å². The Kier molecular flexibility index (Phi) is 5.01. The summed E-state index contributed by atoms with van der Waals surface area (Å²) in [7, 11) is -3.92. The van der Waals surface area contributed by atoms with Crippen LogP contribution in [0.1, 0.15) is 24.8 Å². The Hall–Kier alpha value is -1.02. The minimum absolute atomic E-state index is 0.324. The predicted molar refractivity (Wildman–Crippen MR) is 83.1 cm³/mol. The van der Waals surface area contributed by atoms with Gasteiger partial charge in [-0.2, -0.15) is 0 Å². The highest BCUT2D eigenvalue weighted by Gasteiger charge is 2.33. The summed E-state index contributed by atoms with van der Waals surface area (Å²) in [6.45, 7) is 3.17. The van der Waals surface area contributed by atoms with Crippen LogP contribution in [0.5, 0.6) is 0 Å². The average Bonchev–Trinajstić information content (AvgIpc) is 3.29. The summed E-state index contributed by atoms with van der Waals surface area (Å²) in [6.07, 6.45) is 2.52. The number of ether oxygens (including phenoxy) is 2. The SMILES string of the molecule is Cc1ccc(S(=O)(=O)N[C@@H]2CCOC[C@H]2OCC2CC2)c(F)c1. The lowest BCUT2D eigenvalue weighted by Gasteiger charge is -2.32. The van der Waals surface area contributed by atoms with Crippen LogP contribution in [0, 0.1) is 18.7 Å². The maximum Gasteiger partial charge on any atom is 0.243 e. The van der Waals surface area contributed by atoms with Crippen LogP contribution in [0.4, 0.5) is 4.39 Å². The Balaban J connectivity index is 1.71. The molecule has 0 unspecified atom stereocenters. The van der Waals surface area contributed by atoms with Crippen molar-refractivity contribution < 1.29 is 22.3 Å². The van der Waals surface area contributed by atoms with Gasteiger partial charge in [0.05, 0.1) is 18.8 Å². The highest BCUT2D eigenvalue weighted by Crippen LogP contribution is 2.30. The molecule has 1 aliphatic carbocycles. The van der Waals surface area contributed by atoms with Crippen molar-refractivity contribution in [2.45, 2.75) is 43.2 Å². The summed E-state index contributed by atoms with van der Waals surface area (Å²) in [6, 6.07) is 3.71. The predicted octanol–water partition coefficient (Wildman–Crippen LogP) is 2.00. The number of nitrogens with one attached hydrogen (secondary N) is 1. The van der Waals surface area contributed by atoms with E-state index in [4.69, 9.17) is 9.47 Å². The van der Waals surface area contributed by atoms with Gasteiger partial charge in [0.2, 0.25) is 10.0 Å². The van der Waals surface area contributed by atoms with Gasteiger partial charge >= 0.3 is 0 Å². The molecule has 23 heavy (non-hydrogen) atoms. The van der Waals surface area contributed by atoms with Gasteiger partial charge in [0.15, 0.2) is 0 Å². The maximum absolute atomic E-state index is 14.0. The molecule has 0 amide bonds. The van der Waals surface area contributed by atoms with Crippen molar-refractivity contribution in [1.82, 2.24) is 4.72 Å². The summed E-state index contributed by atoms with van der Waals surface area (Å²) in [5.41, 5.74) is 0.679. The molecule has 1 N–H and O–H groups in total. The molecule has 0 spiro atoms. The Bertz CT molecular complexity index is 660. The van der Waals surface area contributed by atoms with Crippen molar-refractivity contribution in [3.8, 4) is 0 Å². The molecule has 1 aromatic carbocycles. The Morgan fingerprint density at radius 2 is 2.13 bits per heavy atom. The number of hydrogen-bond acceptors (Lipinski definition) is 4. The molecule has 128 valence electrons. The first-order chi connectivity index (χ1) is 11.0. The lowest BCUT2D eigenvalue weighted by Crippen LogP contribution is -2.50. The second-order valence-corrected chi connectivity index (χ2v) is 8.02. The van der Waals surface area contributed by atoms with E-state index in [1.54, 1.807) is 13.0 Å². The molecule has 7 heteroatoms. The summed E-state index contributed by atoms with van der Waals surface area (Å²) in [5, 5.41) is 0. The monoisotopic (exact) mass is 343 g/mol. The van der Waals surface area contributed by atoms with Crippen molar-refractivity contribution in [3.63, 3.8) is 0 Å². The number of benzene rings is 1. The maximum atomic E-state index is 14.0. The van der Waals surface area contributed by atoms with Crippen molar-refractivity contribution >= 4 is 10.0 Å². The van der Waals surface area contributed by atoms with Crippen molar-refractivity contribution in [2.24, 2.45) is 5.92 Å². The zero-order chi connectivity index (χ0) is 16.4. The van der Waals surface area contributed by atoms with E-state index in [0.717, 1.165) is 0 Å². The zero-order valence-electron chi connectivity index (χ0n) is 13.1. The van der Waals surface area contributed by atoms with E-state index >= 15 is 0 Å². The van der Waals surface area contributed by atoms with E-state index in [1.165, 1.54) is 25.0 Å². The standard InChI is InChI=1S/C16H22FNO4S/c1-11-2-5-16(13(17)8-11)23(19,20)18-14-6-7-21-10-15(14)22-9-12-3-4-12/h2,5,8,12,14-15,18H,3-4,6-7,9-10H2,1H3/t14-,15-/m1/s1. The van der Waals surface area contributed by atoms with Crippen molar-refractivity contribution in [3.05, 3.63) is 29.6 Å². The number of hydrogen-bond donors (Lipinski definition) is 1. The molecular weight excluding hydrogens is 321 g/mol. The van der Waals surface area contributed by atoms with E-state index < -0.39 is 21.9 Å². The van der Waals surface area contributed by atoms with Gasteiger partial charge in [0, 0.05) is 13.2 Å². The van der Waals surface area contributed by atoms with Crippen molar-refractivity contribution in [1.29, 1.82) is 0 Å². The smallest absolute Gasteiger partial charge is 0.243 e. The van der Waals surface area contributed by atoms with E-state index in [2.05, 4.69) is 4.72 Å². The van der Waals surface area contributed by atoms with Gasteiger partial charge in [-0.25, -0.2) is 17.5 Å². The first kappa shape index (κ1) is 16.8. The fraction of sp³-hybridized carbons (Fsp3) is 0.625.